The highest BCUT2D eigenvalue weighted by Gasteiger charge is 2.66. The Kier molecular flexibility index (Phi) is 13.8. The summed E-state index contributed by atoms with van der Waals surface area (Å²) >= 11 is 2.71. The smallest absolute Gasteiger partial charge is 0.356 e. The number of benzene rings is 3. The number of carbonyl (C=O) groups excluding carboxylic acids is 7. The molecule has 3 saturated heterocycles. The highest BCUT2D eigenvalue weighted by atomic mass is 32.2. The fraction of sp³-hybridized carbons (Fsp3) is 0.304. The monoisotopic (exact) mass is 919 g/mol. The number of fused-ring (bicyclic) bond motifs is 1. The lowest BCUT2D eigenvalue weighted by Crippen LogP contribution is -2.85. The molecule has 3 N–H and O–H groups in total. The zero-order valence-corrected chi connectivity index (χ0v) is 37.0. The summed E-state index contributed by atoms with van der Waals surface area (Å²) in [4.78, 5) is 99.9. The molecular formula is C46H47N8O9S2+. The van der Waals surface area contributed by atoms with Crippen LogP contribution in [-0.2, 0) is 38.2 Å². The van der Waals surface area contributed by atoms with Crippen molar-refractivity contribution in [2.45, 2.75) is 35.0 Å². The Morgan fingerprint density at radius 2 is 1.48 bits per heavy atom. The van der Waals surface area contributed by atoms with E-state index in [1.165, 1.54) is 33.3 Å². The molecule has 0 spiro atoms. The van der Waals surface area contributed by atoms with Gasteiger partial charge in [-0.05, 0) is 29.2 Å². The van der Waals surface area contributed by atoms with Crippen LogP contribution >= 0.6 is 23.5 Å². The number of nitrogens with zero attached hydrogens (tertiary/aromatic N) is 5. The summed E-state index contributed by atoms with van der Waals surface area (Å²) in [5.74, 6) is -3.88. The van der Waals surface area contributed by atoms with Gasteiger partial charge >= 0.3 is 23.8 Å². The van der Waals surface area contributed by atoms with Crippen LogP contribution in [0.2, 0.25) is 0 Å². The van der Waals surface area contributed by atoms with Gasteiger partial charge in [-0.25, -0.2) is 9.59 Å². The molecule has 0 unspecified atom stereocenters. The number of β-lactam (4-membered cyclic amide) rings is 1. The minimum atomic E-state index is -2.07. The van der Waals surface area contributed by atoms with E-state index in [0.717, 1.165) is 22.9 Å². The van der Waals surface area contributed by atoms with E-state index in [1.807, 2.05) is 89.9 Å². The van der Waals surface area contributed by atoms with Crippen LogP contribution in [0.15, 0.2) is 132 Å². The second-order valence-electron chi connectivity index (χ2n) is 15.4. The summed E-state index contributed by atoms with van der Waals surface area (Å²) in [7, 11) is 0. The Morgan fingerprint density at radius 3 is 2.08 bits per heavy atom. The van der Waals surface area contributed by atoms with Gasteiger partial charge in [0.1, 0.15) is 17.1 Å². The van der Waals surface area contributed by atoms with E-state index in [4.69, 9.17) is 9.47 Å². The Hall–Kier alpha value is -6.70. The number of nitrogens with one attached hydrogen (secondary N) is 3. The van der Waals surface area contributed by atoms with Crippen molar-refractivity contribution in [2.75, 3.05) is 62.5 Å². The van der Waals surface area contributed by atoms with Gasteiger partial charge in [-0.15, -0.1) is 23.5 Å². The number of likely N-dealkylation sites (N-methyl/N-ethyl adjacent to an activating group) is 1. The Balaban J connectivity index is 1.09. The van der Waals surface area contributed by atoms with Gasteiger partial charge in [0.2, 0.25) is 30.4 Å². The molecule has 19 heteroatoms. The molecule has 336 valence electrons. The first kappa shape index (κ1) is 44.9. The molecule has 3 atom stereocenters. The number of amides is 7. The normalized spacial score (nSPS) is 20.2. The van der Waals surface area contributed by atoms with Gasteiger partial charge in [-0.1, -0.05) is 95.7 Å². The van der Waals surface area contributed by atoms with E-state index >= 15 is 0 Å². The van der Waals surface area contributed by atoms with E-state index in [2.05, 4.69) is 21.0 Å². The largest absolute Gasteiger partial charge is 0.448 e. The van der Waals surface area contributed by atoms with Crippen LogP contribution in [0.5, 0.6) is 0 Å². The molecule has 4 aromatic rings. The number of ether oxygens (including phenoxy) is 2. The average Bonchev–Trinajstić information content (AvgIpc) is 3.35. The van der Waals surface area contributed by atoms with Gasteiger partial charge in [-0.2, -0.15) is 5.01 Å². The highest BCUT2D eigenvalue weighted by Crippen LogP contribution is 2.47. The van der Waals surface area contributed by atoms with E-state index in [0.29, 0.717) is 41.2 Å². The maximum absolute atomic E-state index is 14.8. The highest BCUT2D eigenvalue weighted by molar-refractivity contribution is 8.01. The Bertz CT molecular complexity index is 2420. The maximum atomic E-state index is 14.8. The predicted molar refractivity (Wildman–Crippen MR) is 239 cm³/mol. The van der Waals surface area contributed by atoms with Crippen LogP contribution in [0.3, 0.4) is 0 Å². The number of carbonyl (C=O) groups is 7. The van der Waals surface area contributed by atoms with Crippen molar-refractivity contribution < 1.29 is 47.7 Å². The van der Waals surface area contributed by atoms with Gasteiger partial charge in [0.25, 0.3) is 5.91 Å². The van der Waals surface area contributed by atoms with Crippen molar-refractivity contribution in [3.8, 4) is 0 Å². The first-order valence-electron chi connectivity index (χ1n) is 21.1. The van der Waals surface area contributed by atoms with Crippen LogP contribution in [0.25, 0.3) is 0 Å². The fourth-order valence-electron chi connectivity index (χ4n) is 8.07. The van der Waals surface area contributed by atoms with Crippen molar-refractivity contribution in [2.24, 2.45) is 0 Å². The lowest BCUT2D eigenvalue weighted by atomic mass is 9.94. The lowest BCUT2D eigenvalue weighted by molar-refractivity contribution is -0.695. The summed E-state index contributed by atoms with van der Waals surface area (Å²) in [6.07, 6.45) is 3.36. The molecule has 0 radical (unpaired) electrons. The van der Waals surface area contributed by atoms with Crippen LogP contribution < -0.4 is 25.6 Å². The van der Waals surface area contributed by atoms with E-state index in [1.54, 1.807) is 37.3 Å². The lowest BCUT2D eigenvalue weighted by Gasteiger charge is -2.57. The fourth-order valence-corrected chi connectivity index (χ4v) is 10.5. The maximum Gasteiger partial charge on any atom is 0.356 e. The number of esters is 1. The third-order valence-electron chi connectivity index (χ3n) is 11.5. The Labute approximate surface area is 383 Å². The SMILES string of the molecule is CCN1CCN(C(=O)N[C@@H](C(=O)N[C@]2(NC=O)C(=O)N3C(C(=O)OC(c4ccccc4)c4ccccc4)=C(CSc4cc[n+](N5CCOCC5)cc4)CS[C@@H]32)c2ccccc2)C(=O)C1=O. The third kappa shape index (κ3) is 9.30. The summed E-state index contributed by atoms with van der Waals surface area (Å²) < 4.78 is 13.9. The van der Waals surface area contributed by atoms with Crippen molar-refractivity contribution >= 4 is 65.6 Å². The second kappa shape index (κ2) is 20.0. The van der Waals surface area contributed by atoms with Crippen molar-refractivity contribution in [3.05, 3.63) is 143 Å². The molecule has 0 aliphatic carbocycles. The number of rotatable bonds is 15. The number of imide groups is 1. The predicted octanol–water partition coefficient (Wildman–Crippen LogP) is 2.24. The number of piperazine rings is 1. The first-order chi connectivity index (χ1) is 31.6. The molecule has 4 aliphatic rings. The van der Waals surface area contributed by atoms with Gasteiger partial charge in [0.05, 0.1) is 26.3 Å². The summed E-state index contributed by atoms with van der Waals surface area (Å²) in [5.41, 5.74) is 0.210. The molecule has 3 fully saturated rings. The second-order valence-corrected chi connectivity index (χ2v) is 17.5. The van der Waals surface area contributed by atoms with Crippen molar-refractivity contribution in [3.63, 3.8) is 0 Å². The standard InChI is InChI=1S/C46H46N8O9S2/c1-2-50-22-23-53(41(58)40(50)57)45(61)48-36(31-12-6-3-7-13-31)39(56)49-46(47-30-55)43(60)54-37(42(59)63-38(32-14-8-4-9-15-32)33-16-10-5-11-17-33)34(29-65-44(46)54)28-64-35-18-20-51(21-19-35)52-24-26-62-27-25-52/h3-21,30,36,38,44H,2,22-29H2,1H3,(H2-,47,48,49,55,56,61)/p+1/t36-,44-,46-/m1/s1. The number of pyridine rings is 1. The van der Waals surface area contributed by atoms with Crippen molar-refractivity contribution in [1.82, 2.24) is 30.7 Å². The molecule has 7 amide bonds. The zero-order valence-electron chi connectivity index (χ0n) is 35.4. The van der Waals surface area contributed by atoms with E-state index < -0.39 is 58.8 Å². The van der Waals surface area contributed by atoms with Crippen LogP contribution in [0.4, 0.5) is 4.79 Å². The van der Waals surface area contributed by atoms with E-state index in [9.17, 15) is 33.6 Å². The number of thioether (sulfide) groups is 2. The minimum absolute atomic E-state index is 0.0117. The molecule has 1 aromatic heterocycles. The third-order valence-corrected chi connectivity index (χ3v) is 14.0. The van der Waals surface area contributed by atoms with E-state index in [-0.39, 0.29) is 37.5 Å². The van der Waals surface area contributed by atoms with Crippen LogP contribution in [0, 0.1) is 0 Å². The minimum Gasteiger partial charge on any atom is -0.448 e. The zero-order chi connectivity index (χ0) is 45.5. The molecule has 17 nitrogen and oxygen atoms in total. The van der Waals surface area contributed by atoms with Gasteiger partial charge in [0, 0.05) is 48.2 Å². The summed E-state index contributed by atoms with van der Waals surface area (Å²) in [6, 6.07) is 28.0. The molecule has 8 rings (SSSR count). The van der Waals surface area contributed by atoms with Gasteiger partial charge < -0.3 is 30.3 Å². The van der Waals surface area contributed by atoms with Gasteiger partial charge in [-0.3, -0.25) is 33.8 Å². The topological polar surface area (TPSA) is 191 Å². The van der Waals surface area contributed by atoms with Crippen LogP contribution in [-0.4, -0.2) is 125 Å². The molecule has 65 heavy (non-hydrogen) atoms. The summed E-state index contributed by atoms with van der Waals surface area (Å²) in [5, 5.41) is 8.93. The number of morpholine rings is 1. The molecule has 5 heterocycles. The first-order valence-corrected chi connectivity index (χ1v) is 23.1. The quantitative estimate of drug-likeness (QED) is 0.0301. The average molecular weight is 920 g/mol. The number of hydrogen-bond acceptors (Lipinski definition) is 12. The molecular weight excluding hydrogens is 873 g/mol. The molecule has 0 saturated carbocycles. The number of hydrogen-bond donors (Lipinski definition) is 3. The van der Waals surface area contributed by atoms with Crippen LogP contribution in [0.1, 0.15) is 35.8 Å². The number of aromatic nitrogens is 1. The molecule has 0 bridgehead atoms. The Morgan fingerprint density at radius 1 is 0.862 bits per heavy atom. The summed E-state index contributed by atoms with van der Waals surface area (Å²) in [6.45, 7) is 4.80. The molecule has 3 aromatic carbocycles. The molecule has 4 aliphatic heterocycles. The van der Waals surface area contributed by atoms with Crippen molar-refractivity contribution in [1.29, 1.82) is 0 Å². The number of urea groups is 1. The van der Waals surface area contributed by atoms with Gasteiger partial charge in [0.15, 0.2) is 6.10 Å².